The van der Waals surface area contributed by atoms with Crippen molar-refractivity contribution in [3.8, 4) is 0 Å². The minimum absolute atomic E-state index is 0.0736. The summed E-state index contributed by atoms with van der Waals surface area (Å²) in [6, 6.07) is 4.21. The quantitative estimate of drug-likeness (QED) is 0.776. The second-order valence-electron chi connectivity index (χ2n) is 6.10. The number of alkyl carbamates (subject to hydrolysis) is 1. The molecule has 0 radical (unpaired) electrons. The number of rotatable bonds is 5. The Morgan fingerprint density at radius 1 is 1.38 bits per heavy atom. The van der Waals surface area contributed by atoms with Crippen molar-refractivity contribution < 1.29 is 32.6 Å². The summed E-state index contributed by atoms with van der Waals surface area (Å²) in [4.78, 5) is 24.8. The van der Waals surface area contributed by atoms with E-state index in [2.05, 4.69) is 10.1 Å². The van der Waals surface area contributed by atoms with E-state index in [-0.39, 0.29) is 31.8 Å². The number of aliphatic hydroxyl groups excluding tert-OH is 1. The van der Waals surface area contributed by atoms with Crippen LogP contribution in [0.2, 0.25) is 0 Å². The molecular formula is C17H21F3N2O4. The van der Waals surface area contributed by atoms with Gasteiger partial charge in [-0.2, -0.15) is 13.2 Å². The Balaban J connectivity index is 2.04. The summed E-state index contributed by atoms with van der Waals surface area (Å²) < 4.78 is 43.2. The van der Waals surface area contributed by atoms with Crippen molar-refractivity contribution in [3.05, 3.63) is 35.4 Å². The van der Waals surface area contributed by atoms with E-state index >= 15 is 0 Å². The van der Waals surface area contributed by atoms with Crippen molar-refractivity contribution in [3.63, 3.8) is 0 Å². The standard InChI is InChI=1S/C17H21F3N2O4/c1-26-16(25)21-7-3-6-15(24)22-10-13(23)9-14(22)11-4-2-5-12(8-11)17(18,19)20/h2,4-5,8,13-14,23H,3,6-7,9-10H2,1H3,(H,21,25). The number of aliphatic hydroxyl groups is 1. The molecule has 2 unspecified atom stereocenters. The zero-order chi connectivity index (χ0) is 19.3. The Kier molecular flexibility index (Phi) is 6.47. The number of halogens is 3. The predicted molar refractivity (Wildman–Crippen MR) is 86.2 cm³/mol. The number of ether oxygens (including phenoxy) is 1. The van der Waals surface area contributed by atoms with E-state index < -0.39 is 30.0 Å². The first-order chi connectivity index (χ1) is 12.2. The topological polar surface area (TPSA) is 78.9 Å². The van der Waals surface area contributed by atoms with Gasteiger partial charge in [0.05, 0.1) is 24.8 Å². The lowest BCUT2D eigenvalue weighted by molar-refractivity contribution is -0.137. The maximum absolute atomic E-state index is 12.9. The molecule has 2 atom stereocenters. The second-order valence-corrected chi connectivity index (χ2v) is 6.10. The van der Waals surface area contributed by atoms with Gasteiger partial charge in [0.15, 0.2) is 0 Å². The molecule has 26 heavy (non-hydrogen) atoms. The summed E-state index contributed by atoms with van der Waals surface area (Å²) >= 11 is 0. The highest BCUT2D eigenvalue weighted by Gasteiger charge is 2.37. The van der Waals surface area contributed by atoms with E-state index in [1.165, 1.54) is 24.1 Å². The monoisotopic (exact) mass is 374 g/mol. The van der Waals surface area contributed by atoms with Crippen molar-refractivity contribution in [1.82, 2.24) is 10.2 Å². The van der Waals surface area contributed by atoms with Gasteiger partial charge in [0.25, 0.3) is 0 Å². The van der Waals surface area contributed by atoms with E-state index in [9.17, 15) is 27.9 Å². The molecule has 2 amide bonds. The molecule has 1 fully saturated rings. The lowest BCUT2D eigenvalue weighted by atomic mass is 10.0. The van der Waals surface area contributed by atoms with Crippen LogP contribution in [0.25, 0.3) is 0 Å². The summed E-state index contributed by atoms with van der Waals surface area (Å²) in [6.07, 6.45) is -5.21. The minimum Gasteiger partial charge on any atom is -0.453 e. The van der Waals surface area contributed by atoms with Crippen molar-refractivity contribution in [2.45, 2.75) is 37.6 Å². The number of alkyl halides is 3. The molecule has 0 aliphatic carbocycles. The lowest BCUT2D eigenvalue weighted by Crippen LogP contribution is -2.32. The summed E-state index contributed by atoms with van der Waals surface area (Å²) in [5, 5.41) is 12.3. The molecular weight excluding hydrogens is 353 g/mol. The summed E-state index contributed by atoms with van der Waals surface area (Å²) in [5.74, 6) is -0.282. The van der Waals surface area contributed by atoms with Gasteiger partial charge in [-0.05, 0) is 30.5 Å². The van der Waals surface area contributed by atoms with Crippen LogP contribution in [0, 0.1) is 0 Å². The van der Waals surface area contributed by atoms with Crippen LogP contribution in [0.1, 0.15) is 36.4 Å². The smallest absolute Gasteiger partial charge is 0.416 e. The summed E-state index contributed by atoms with van der Waals surface area (Å²) in [7, 11) is 1.23. The Morgan fingerprint density at radius 3 is 2.77 bits per heavy atom. The van der Waals surface area contributed by atoms with Crippen molar-refractivity contribution in [1.29, 1.82) is 0 Å². The summed E-state index contributed by atoms with van der Waals surface area (Å²) in [6.45, 7) is 0.313. The molecule has 1 aromatic carbocycles. The molecule has 6 nitrogen and oxygen atoms in total. The highest BCUT2D eigenvalue weighted by Crippen LogP contribution is 2.36. The van der Waals surface area contributed by atoms with Crippen molar-refractivity contribution in [2.75, 3.05) is 20.2 Å². The first-order valence-corrected chi connectivity index (χ1v) is 8.19. The third kappa shape index (κ3) is 5.10. The number of nitrogens with zero attached hydrogens (tertiary/aromatic N) is 1. The van der Waals surface area contributed by atoms with Gasteiger partial charge in [-0.15, -0.1) is 0 Å². The van der Waals surface area contributed by atoms with E-state index in [1.807, 2.05) is 0 Å². The number of amides is 2. The second kappa shape index (κ2) is 8.39. The summed E-state index contributed by atoms with van der Waals surface area (Å²) in [5.41, 5.74) is -0.441. The average molecular weight is 374 g/mol. The molecule has 0 aromatic heterocycles. The van der Waals surface area contributed by atoms with Gasteiger partial charge in [0.2, 0.25) is 5.91 Å². The molecule has 2 N–H and O–H groups in total. The molecule has 2 rings (SSSR count). The number of benzene rings is 1. The molecule has 0 bridgehead atoms. The van der Waals surface area contributed by atoms with Crippen LogP contribution in [-0.2, 0) is 15.7 Å². The van der Waals surface area contributed by atoms with E-state index in [1.54, 1.807) is 0 Å². The molecule has 1 aliphatic rings. The van der Waals surface area contributed by atoms with Crippen LogP contribution in [0.15, 0.2) is 24.3 Å². The Hall–Kier alpha value is -2.29. The molecule has 9 heteroatoms. The van der Waals surface area contributed by atoms with E-state index in [4.69, 9.17) is 0 Å². The van der Waals surface area contributed by atoms with Gasteiger partial charge in [-0.3, -0.25) is 4.79 Å². The average Bonchev–Trinajstić information content (AvgIpc) is 2.99. The maximum Gasteiger partial charge on any atom is 0.416 e. The third-order valence-corrected chi connectivity index (χ3v) is 4.22. The van der Waals surface area contributed by atoms with Gasteiger partial charge >= 0.3 is 12.3 Å². The van der Waals surface area contributed by atoms with Gasteiger partial charge in [0.1, 0.15) is 0 Å². The van der Waals surface area contributed by atoms with Crippen LogP contribution in [0.3, 0.4) is 0 Å². The Bertz CT molecular complexity index is 651. The van der Waals surface area contributed by atoms with Crippen LogP contribution < -0.4 is 5.32 Å². The normalized spacial score (nSPS) is 20.1. The van der Waals surface area contributed by atoms with Crippen molar-refractivity contribution >= 4 is 12.0 Å². The third-order valence-electron chi connectivity index (χ3n) is 4.22. The first-order valence-electron chi connectivity index (χ1n) is 8.19. The fourth-order valence-electron chi connectivity index (χ4n) is 2.97. The number of β-amino-alcohol motifs (C(OH)–C–C–N with tert-alkyl or cyclic N) is 1. The number of nitrogens with one attached hydrogen (secondary N) is 1. The first kappa shape index (κ1) is 20.0. The minimum atomic E-state index is -4.47. The molecule has 1 saturated heterocycles. The highest BCUT2D eigenvalue weighted by molar-refractivity contribution is 5.77. The largest absolute Gasteiger partial charge is 0.453 e. The fourth-order valence-corrected chi connectivity index (χ4v) is 2.97. The Morgan fingerprint density at radius 2 is 2.12 bits per heavy atom. The molecule has 144 valence electrons. The number of methoxy groups -OCH3 is 1. The van der Waals surface area contributed by atoms with Gasteiger partial charge in [-0.25, -0.2) is 4.79 Å². The number of hydrogen-bond donors (Lipinski definition) is 2. The predicted octanol–water partition coefficient (Wildman–Crippen LogP) is 2.48. The zero-order valence-electron chi connectivity index (χ0n) is 14.3. The molecule has 0 spiro atoms. The number of likely N-dealkylation sites (tertiary alicyclic amines) is 1. The number of carbonyl (C=O) groups excluding carboxylic acids is 2. The molecule has 1 heterocycles. The molecule has 1 aliphatic heterocycles. The Labute approximate surface area is 148 Å². The van der Waals surface area contributed by atoms with Gasteiger partial charge < -0.3 is 20.1 Å². The lowest BCUT2D eigenvalue weighted by Gasteiger charge is -2.25. The number of hydrogen-bond acceptors (Lipinski definition) is 4. The van der Waals surface area contributed by atoms with E-state index in [0.29, 0.717) is 12.0 Å². The highest BCUT2D eigenvalue weighted by atomic mass is 19.4. The van der Waals surface area contributed by atoms with Crippen LogP contribution in [-0.4, -0.2) is 48.3 Å². The fraction of sp³-hybridized carbons (Fsp3) is 0.529. The molecule has 0 saturated carbocycles. The number of carbonyl (C=O) groups is 2. The zero-order valence-corrected chi connectivity index (χ0v) is 14.3. The van der Waals surface area contributed by atoms with Gasteiger partial charge in [0, 0.05) is 19.5 Å². The molecule has 1 aromatic rings. The van der Waals surface area contributed by atoms with Crippen LogP contribution >= 0.6 is 0 Å². The maximum atomic E-state index is 12.9. The van der Waals surface area contributed by atoms with Crippen LogP contribution in [0.4, 0.5) is 18.0 Å². The van der Waals surface area contributed by atoms with Gasteiger partial charge in [-0.1, -0.05) is 12.1 Å². The van der Waals surface area contributed by atoms with Crippen LogP contribution in [0.5, 0.6) is 0 Å². The van der Waals surface area contributed by atoms with Crippen molar-refractivity contribution in [2.24, 2.45) is 0 Å². The van der Waals surface area contributed by atoms with E-state index in [0.717, 1.165) is 12.1 Å². The SMILES string of the molecule is COC(=O)NCCCC(=O)N1CC(O)CC1c1cccc(C(F)(F)F)c1.